The maximum atomic E-state index is 11.4. The van der Waals surface area contributed by atoms with Crippen molar-refractivity contribution < 1.29 is 17.9 Å². The van der Waals surface area contributed by atoms with E-state index in [1.54, 1.807) is 14.0 Å². The van der Waals surface area contributed by atoms with Gasteiger partial charge in [0.2, 0.25) is 0 Å². The summed E-state index contributed by atoms with van der Waals surface area (Å²) < 4.78 is 26.5. The van der Waals surface area contributed by atoms with Gasteiger partial charge in [-0.05, 0) is 6.92 Å². The Hall–Kier alpha value is -0.620. The minimum atomic E-state index is -3.02. The number of ether oxygens (including phenoxy) is 1. The average Bonchev–Trinajstić information content (AvgIpc) is 2.10. The highest BCUT2D eigenvalue weighted by Crippen LogP contribution is 1.96. The van der Waals surface area contributed by atoms with Crippen LogP contribution in [0.2, 0.25) is 0 Å². The molecule has 1 atom stereocenters. The minimum Gasteiger partial charge on any atom is -0.372 e. The molecule has 0 aromatic carbocycles. The predicted octanol–water partition coefficient (Wildman–Crippen LogP) is -0.476. The molecule has 1 unspecified atom stereocenters. The van der Waals surface area contributed by atoms with Gasteiger partial charge in [0, 0.05) is 27.0 Å². The smallest absolute Gasteiger partial charge is 0.251 e. The zero-order valence-electron chi connectivity index (χ0n) is 8.98. The van der Waals surface area contributed by atoms with E-state index in [0.29, 0.717) is 0 Å². The highest BCUT2D eigenvalue weighted by Gasteiger charge is 2.17. The van der Waals surface area contributed by atoms with Gasteiger partial charge in [-0.15, -0.1) is 0 Å². The van der Waals surface area contributed by atoms with Crippen LogP contribution in [0.4, 0.5) is 0 Å². The van der Waals surface area contributed by atoms with Crippen LogP contribution in [0.25, 0.3) is 0 Å². The fourth-order valence-corrected chi connectivity index (χ4v) is 1.43. The molecule has 0 aliphatic carbocycles. The largest absolute Gasteiger partial charge is 0.372 e. The molecule has 0 fully saturated rings. The van der Waals surface area contributed by atoms with Crippen LogP contribution in [0.5, 0.6) is 0 Å². The Kier molecular flexibility index (Phi) is 5.07. The summed E-state index contributed by atoms with van der Waals surface area (Å²) in [6, 6.07) is 0. The van der Waals surface area contributed by atoms with E-state index >= 15 is 0 Å². The van der Waals surface area contributed by atoms with E-state index in [1.165, 1.54) is 12.0 Å². The maximum absolute atomic E-state index is 11.4. The van der Waals surface area contributed by atoms with Crippen molar-refractivity contribution in [3.8, 4) is 0 Å². The number of hydrogen-bond acceptors (Lipinski definition) is 4. The molecular weight excluding hydrogens is 206 g/mol. The Labute approximate surface area is 85.0 Å². The van der Waals surface area contributed by atoms with Crippen LogP contribution < -0.4 is 0 Å². The van der Waals surface area contributed by atoms with Crippen LogP contribution in [0.3, 0.4) is 0 Å². The highest BCUT2D eigenvalue weighted by molar-refractivity contribution is 7.90. The van der Waals surface area contributed by atoms with Crippen molar-refractivity contribution in [2.45, 2.75) is 13.0 Å². The molecule has 0 aromatic rings. The van der Waals surface area contributed by atoms with Crippen molar-refractivity contribution in [1.82, 2.24) is 4.90 Å². The summed E-state index contributed by atoms with van der Waals surface area (Å²) >= 11 is 0. The minimum absolute atomic E-state index is 0.0221. The first-order chi connectivity index (χ1) is 6.28. The van der Waals surface area contributed by atoms with E-state index in [1.807, 2.05) is 0 Å². The Morgan fingerprint density at radius 2 is 2.00 bits per heavy atom. The van der Waals surface area contributed by atoms with Crippen LogP contribution in [0.15, 0.2) is 0 Å². The van der Waals surface area contributed by atoms with Gasteiger partial charge >= 0.3 is 0 Å². The number of carbonyl (C=O) groups is 1. The third kappa shape index (κ3) is 5.18. The van der Waals surface area contributed by atoms with E-state index in [2.05, 4.69) is 0 Å². The number of likely N-dealkylation sites (N-methyl/N-ethyl adjacent to an activating group) is 1. The van der Waals surface area contributed by atoms with Gasteiger partial charge in [-0.1, -0.05) is 0 Å². The van der Waals surface area contributed by atoms with Crippen LogP contribution in [0, 0.1) is 0 Å². The van der Waals surface area contributed by atoms with Crippen molar-refractivity contribution in [3.63, 3.8) is 0 Å². The Morgan fingerprint density at radius 1 is 1.50 bits per heavy atom. The zero-order valence-corrected chi connectivity index (χ0v) is 9.80. The fourth-order valence-electron chi connectivity index (χ4n) is 0.824. The summed E-state index contributed by atoms with van der Waals surface area (Å²) in [6.45, 7) is 1.82. The zero-order chi connectivity index (χ0) is 11.4. The van der Waals surface area contributed by atoms with E-state index < -0.39 is 15.9 Å². The van der Waals surface area contributed by atoms with Gasteiger partial charge in [0.15, 0.2) is 0 Å². The van der Waals surface area contributed by atoms with Crippen LogP contribution in [-0.2, 0) is 19.4 Å². The summed E-state index contributed by atoms with van der Waals surface area (Å²) in [4.78, 5) is 12.8. The normalized spacial score (nSPS) is 13.7. The monoisotopic (exact) mass is 223 g/mol. The molecule has 5 nitrogen and oxygen atoms in total. The number of hydrogen-bond donors (Lipinski definition) is 0. The van der Waals surface area contributed by atoms with Crippen molar-refractivity contribution in [1.29, 1.82) is 0 Å². The fraction of sp³-hybridized carbons (Fsp3) is 0.875. The molecule has 0 saturated carbocycles. The molecule has 1 amide bonds. The molecule has 0 N–H and O–H groups in total. The molecule has 0 rings (SSSR count). The molecule has 0 spiro atoms. The van der Waals surface area contributed by atoms with Crippen LogP contribution in [-0.4, -0.2) is 58.0 Å². The van der Waals surface area contributed by atoms with Crippen molar-refractivity contribution >= 4 is 15.7 Å². The molecule has 0 heterocycles. The first-order valence-electron chi connectivity index (χ1n) is 4.23. The Bertz CT molecular complexity index is 286. The molecule has 14 heavy (non-hydrogen) atoms. The Morgan fingerprint density at radius 3 is 2.36 bits per heavy atom. The molecular formula is C8H17NO4S. The van der Waals surface area contributed by atoms with Crippen molar-refractivity contribution in [2.24, 2.45) is 0 Å². The third-order valence-corrected chi connectivity index (χ3v) is 2.80. The second-order valence-electron chi connectivity index (χ2n) is 3.27. The van der Waals surface area contributed by atoms with Crippen molar-refractivity contribution in [2.75, 3.05) is 32.7 Å². The quantitative estimate of drug-likeness (QED) is 0.632. The number of rotatable bonds is 5. The molecule has 6 heteroatoms. The first kappa shape index (κ1) is 13.4. The highest BCUT2D eigenvalue weighted by atomic mass is 32.2. The molecule has 0 aliphatic heterocycles. The number of nitrogens with zero attached hydrogens (tertiary/aromatic N) is 1. The van der Waals surface area contributed by atoms with Gasteiger partial charge in [0.25, 0.3) is 5.91 Å². The van der Waals surface area contributed by atoms with Gasteiger partial charge < -0.3 is 9.64 Å². The van der Waals surface area contributed by atoms with Gasteiger partial charge in [-0.25, -0.2) is 8.42 Å². The van der Waals surface area contributed by atoms with Crippen LogP contribution in [0.1, 0.15) is 6.92 Å². The SMILES string of the molecule is COC(C)C(=O)N(C)CCS(C)(=O)=O. The third-order valence-electron chi connectivity index (χ3n) is 1.88. The molecule has 0 aromatic heterocycles. The lowest BCUT2D eigenvalue weighted by molar-refractivity contribution is -0.139. The lowest BCUT2D eigenvalue weighted by atomic mass is 10.3. The van der Waals surface area contributed by atoms with Gasteiger partial charge in [-0.2, -0.15) is 0 Å². The summed E-state index contributed by atoms with van der Waals surface area (Å²) in [6.07, 6.45) is 0.616. The number of amides is 1. The van der Waals surface area contributed by atoms with Crippen LogP contribution >= 0.6 is 0 Å². The van der Waals surface area contributed by atoms with Gasteiger partial charge in [0.1, 0.15) is 15.9 Å². The first-order valence-corrected chi connectivity index (χ1v) is 6.29. The molecule has 0 radical (unpaired) electrons. The van der Waals surface area contributed by atoms with Crippen molar-refractivity contribution in [3.05, 3.63) is 0 Å². The predicted molar refractivity (Wildman–Crippen MR) is 53.8 cm³/mol. The van der Waals surface area contributed by atoms with E-state index in [9.17, 15) is 13.2 Å². The lowest BCUT2D eigenvalue weighted by Crippen LogP contribution is -2.38. The van der Waals surface area contributed by atoms with E-state index in [-0.39, 0.29) is 18.2 Å². The topological polar surface area (TPSA) is 63.7 Å². The summed E-state index contributed by atoms with van der Waals surface area (Å²) in [5, 5.41) is 0. The van der Waals surface area contributed by atoms with E-state index in [0.717, 1.165) is 6.26 Å². The molecule has 0 saturated heterocycles. The maximum Gasteiger partial charge on any atom is 0.251 e. The summed E-state index contributed by atoms with van der Waals surface area (Å²) in [5.41, 5.74) is 0. The molecule has 0 bridgehead atoms. The number of methoxy groups -OCH3 is 1. The summed E-state index contributed by atoms with van der Waals surface area (Å²) in [5.74, 6) is -0.234. The average molecular weight is 223 g/mol. The second-order valence-corrected chi connectivity index (χ2v) is 5.53. The van der Waals surface area contributed by atoms with E-state index in [4.69, 9.17) is 4.74 Å². The Balaban J connectivity index is 4.09. The summed E-state index contributed by atoms with van der Waals surface area (Å²) in [7, 11) is -0.0238. The number of carbonyl (C=O) groups excluding carboxylic acids is 1. The lowest BCUT2D eigenvalue weighted by Gasteiger charge is -2.19. The van der Waals surface area contributed by atoms with Gasteiger partial charge in [-0.3, -0.25) is 4.79 Å². The molecule has 0 aliphatic rings. The second kappa shape index (κ2) is 5.31. The number of sulfone groups is 1. The van der Waals surface area contributed by atoms with Gasteiger partial charge in [0.05, 0.1) is 5.75 Å². The molecule has 84 valence electrons. The standard InChI is InChI=1S/C8H17NO4S/c1-7(13-3)8(10)9(2)5-6-14(4,11)12/h7H,5-6H2,1-4H3.